The second-order valence-corrected chi connectivity index (χ2v) is 4.92. The van der Waals surface area contributed by atoms with Gasteiger partial charge in [-0.05, 0) is 18.9 Å². The molecule has 0 heterocycles. The van der Waals surface area contributed by atoms with Gasteiger partial charge in [0, 0.05) is 19.5 Å². The summed E-state index contributed by atoms with van der Waals surface area (Å²) >= 11 is 0. The van der Waals surface area contributed by atoms with E-state index < -0.39 is 0 Å². The predicted molar refractivity (Wildman–Crippen MR) is 81.9 cm³/mol. The van der Waals surface area contributed by atoms with E-state index in [4.69, 9.17) is 0 Å². The number of carbonyl (C=O) groups is 1. The molecule has 2 nitrogen and oxygen atoms in total. The summed E-state index contributed by atoms with van der Waals surface area (Å²) in [6.45, 7) is 7.78. The molecular formula is C17H25NO. The third kappa shape index (κ3) is 5.73. The number of nitrogens with zero attached hydrogens (tertiary/aromatic N) is 1. The van der Waals surface area contributed by atoms with Crippen molar-refractivity contribution < 1.29 is 4.79 Å². The van der Waals surface area contributed by atoms with Gasteiger partial charge in [-0.3, -0.25) is 4.79 Å². The Labute approximate surface area is 117 Å². The Morgan fingerprint density at radius 1 is 1.21 bits per heavy atom. The van der Waals surface area contributed by atoms with Crippen LogP contribution in [0.3, 0.4) is 0 Å². The van der Waals surface area contributed by atoms with Gasteiger partial charge in [0.05, 0.1) is 0 Å². The molecule has 0 fully saturated rings. The fourth-order valence-corrected chi connectivity index (χ4v) is 2.04. The van der Waals surface area contributed by atoms with Crippen molar-refractivity contribution in [1.29, 1.82) is 0 Å². The van der Waals surface area contributed by atoms with Crippen molar-refractivity contribution in [3.63, 3.8) is 0 Å². The molecule has 0 unspecified atom stereocenters. The molecule has 0 radical (unpaired) electrons. The average Bonchev–Trinajstić information content (AvgIpc) is 2.43. The molecule has 19 heavy (non-hydrogen) atoms. The highest BCUT2D eigenvalue weighted by Gasteiger charge is 2.10. The molecule has 0 N–H and O–H groups in total. The van der Waals surface area contributed by atoms with Crippen molar-refractivity contribution in [2.45, 2.75) is 40.0 Å². The van der Waals surface area contributed by atoms with E-state index >= 15 is 0 Å². The number of carbonyl (C=O) groups excluding carboxylic acids is 1. The molecule has 1 rings (SSSR count). The van der Waals surface area contributed by atoms with Gasteiger partial charge in [-0.25, -0.2) is 0 Å². The molecule has 1 aromatic rings. The van der Waals surface area contributed by atoms with Crippen LogP contribution in [0.2, 0.25) is 0 Å². The normalized spacial score (nSPS) is 11.4. The lowest BCUT2D eigenvalue weighted by atomic mass is 10.1. The van der Waals surface area contributed by atoms with E-state index in [2.05, 4.69) is 32.1 Å². The minimum atomic E-state index is 0.245. The molecule has 0 bridgehead atoms. The van der Waals surface area contributed by atoms with Crippen molar-refractivity contribution in [1.82, 2.24) is 4.90 Å². The highest BCUT2D eigenvalue weighted by molar-refractivity contribution is 5.76. The van der Waals surface area contributed by atoms with Crippen LogP contribution in [0.4, 0.5) is 0 Å². The molecule has 1 aromatic carbocycles. The molecule has 0 atom stereocenters. The maximum Gasteiger partial charge on any atom is 0.222 e. The van der Waals surface area contributed by atoms with Crippen LogP contribution in [0, 0.1) is 0 Å². The topological polar surface area (TPSA) is 20.3 Å². The second kappa shape index (κ2) is 8.52. The fraction of sp³-hybridized carbons (Fsp3) is 0.471. The molecule has 0 spiro atoms. The van der Waals surface area contributed by atoms with E-state index in [1.54, 1.807) is 0 Å². The average molecular weight is 259 g/mol. The molecule has 0 aliphatic rings. The maximum atomic E-state index is 11.9. The summed E-state index contributed by atoms with van der Waals surface area (Å²) in [5.41, 5.74) is 2.42. The minimum Gasteiger partial charge on any atom is -0.339 e. The molecule has 0 aliphatic carbocycles. The fourth-order valence-electron chi connectivity index (χ4n) is 2.04. The summed E-state index contributed by atoms with van der Waals surface area (Å²) in [7, 11) is 0. The summed E-state index contributed by atoms with van der Waals surface area (Å²) < 4.78 is 0. The van der Waals surface area contributed by atoms with Gasteiger partial charge in [0.1, 0.15) is 0 Å². The Hall–Kier alpha value is -1.57. The second-order valence-electron chi connectivity index (χ2n) is 4.92. The Kier molecular flexibility index (Phi) is 6.94. The van der Waals surface area contributed by atoms with Crippen molar-refractivity contribution in [2.75, 3.05) is 13.1 Å². The van der Waals surface area contributed by atoms with Crippen molar-refractivity contribution >= 4 is 12.0 Å². The smallest absolute Gasteiger partial charge is 0.222 e. The highest BCUT2D eigenvalue weighted by atomic mass is 16.2. The Balaban J connectivity index is 2.67. The van der Waals surface area contributed by atoms with Crippen LogP contribution >= 0.6 is 0 Å². The van der Waals surface area contributed by atoms with E-state index in [0.29, 0.717) is 6.42 Å². The zero-order chi connectivity index (χ0) is 14.1. The van der Waals surface area contributed by atoms with Crippen molar-refractivity contribution in [3.8, 4) is 0 Å². The highest BCUT2D eigenvalue weighted by Crippen LogP contribution is 2.09. The first kappa shape index (κ1) is 15.5. The Morgan fingerprint density at radius 2 is 1.89 bits per heavy atom. The first-order chi connectivity index (χ1) is 9.17. The van der Waals surface area contributed by atoms with Crippen LogP contribution in [-0.2, 0) is 4.79 Å². The summed E-state index contributed by atoms with van der Waals surface area (Å²) in [4.78, 5) is 13.9. The van der Waals surface area contributed by atoms with Gasteiger partial charge in [-0.15, -0.1) is 0 Å². The van der Waals surface area contributed by atoms with E-state index in [9.17, 15) is 4.79 Å². The zero-order valence-corrected chi connectivity index (χ0v) is 12.4. The molecule has 0 saturated carbocycles. The molecule has 104 valence electrons. The largest absolute Gasteiger partial charge is 0.339 e. The zero-order valence-electron chi connectivity index (χ0n) is 12.4. The number of benzene rings is 1. The van der Waals surface area contributed by atoms with Gasteiger partial charge >= 0.3 is 0 Å². The lowest BCUT2D eigenvalue weighted by Gasteiger charge is -2.22. The van der Waals surface area contributed by atoms with Gasteiger partial charge in [0.2, 0.25) is 5.91 Å². The lowest BCUT2D eigenvalue weighted by molar-refractivity contribution is -0.130. The summed E-state index contributed by atoms with van der Waals surface area (Å²) in [5, 5.41) is 0. The summed E-state index contributed by atoms with van der Waals surface area (Å²) in [6, 6.07) is 10.3. The predicted octanol–water partition coefficient (Wildman–Crippen LogP) is 4.13. The Morgan fingerprint density at radius 3 is 2.47 bits per heavy atom. The quantitative estimate of drug-likeness (QED) is 0.721. The van der Waals surface area contributed by atoms with E-state index in [-0.39, 0.29) is 5.91 Å². The van der Waals surface area contributed by atoms with Crippen LogP contribution in [0.1, 0.15) is 45.6 Å². The van der Waals surface area contributed by atoms with Crippen LogP contribution < -0.4 is 0 Å². The number of amides is 1. The van der Waals surface area contributed by atoms with Crippen LogP contribution in [-0.4, -0.2) is 23.9 Å². The lowest BCUT2D eigenvalue weighted by Crippen LogP contribution is -2.32. The van der Waals surface area contributed by atoms with Gasteiger partial charge in [-0.2, -0.15) is 0 Å². The Bertz CT molecular complexity index is 409. The van der Waals surface area contributed by atoms with Crippen molar-refractivity contribution in [2.24, 2.45) is 0 Å². The van der Waals surface area contributed by atoms with Crippen LogP contribution in [0.5, 0.6) is 0 Å². The van der Waals surface area contributed by atoms with Crippen molar-refractivity contribution in [3.05, 3.63) is 41.5 Å². The van der Waals surface area contributed by atoms with E-state index in [0.717, 1.165) is 25.9 Å². The molecule has 0 aromatic heterocycles. The minimum absolute atomic E-state index is 0.245. The van der Waals surface area contributed by atoms with E-state index in [1.165, 1.54) is 11.1 Å². The van der Waals surface area contributed by atoms with Gasteiger partial charge < -0.3 is 4.90 Å². The van der Waals surface area contributed by atoms with E-state index in [1.807, 2.05) is 30.0 Å². The molecule has 0 aliphatic heterocycles. The number of rotatable bonds is 7. The first-order valence-corrected chi connectivity index (χ1v) is 7.17. The SMILES string of the molecule is CCCCN(CC(C)=Cc1ccccc1)C(=O)CC. The number of hydrogen-bond donors (Lipinski definition) is 0. The number of unbranched alkanes of at least 4 members (excludes halogenated alkanes) is 1. The third-order valence-corrected chi connectivity index (χ3v) is 3.09. The maximum absolute atomic E-state index is 11.9. The van der Waals surface area contributed by atoms with Gasteiger partial charge in [-0.1, -0.05) is 62.2 Å². The monoisotopic (exact) mass is 259 g/mol. The van der Waals surface area contributed by atoms with Gasteiger partial charge in [0.25, 0.3) is 0 Å². The molecule has 2 heteroatoms. The number of hydrogen-bond acceptors (Lipinski definition) is 1. The molecular weight excluding hydrogens is 234 g/mol. The first-order valence-electron chi connectivity index (χ1n) is 7.17. The van der Waals surface area contributed by atoms with Crippen LogP contribution in [0.15, 0.2) is 35.9 Å². The summed E-state index contributed by atoms with van der Waals surface area (Å²) in [5.74, 6) is 0.245. The summed E-state index contributed by atoms with van der Waals surface area (Å²) in [6.07, 6.45) is 4.93. The molecule has 0 saturated heterocycles. The van der Waals surface area contributed by atoms with Gasteiger partial charge in [0.15, 0.2) is 0 Å². The third-order valence-electron chi connectivity index (χ3n) is 3.09. The molecule has 1 amide bonds. The van der Waals surface area contributed by atoms with Crippen LogP contribution in [0.25, 0.3) is 6.08 Å². The standard InChI is InChI=1S/C17H25NO/c1-4-6-12-18(17(19)5-2)14-15(3)13-16-10-8-7-9-11-16/h7-11,13H,4-6,12,14H2,1-3H3.